The van der Waals surface area contributed by atoms with Gasteiger partial charge >= 0.3 is 11.8 Å². The average Bonchev–Trinajstić information content (AvgIpc) is 2.39. The number of halogens is 5. The molecule has 0 aromatic carbocycles. The van der Waals surface area contributed by atoms with E-state index in [4.69, 9.17) is 0 Å². The summed E-state index contributed by atoms with van der Waals surface area (Å²) in [4.78, 5) is 0. The van der Waals surface area contributed by atoms with E-state index < -0.39 is 20.7 Å². The summed E-state index contributed by atoms with van der Waals surface area (Å²) < 4.78 is 56.6. The van der Waals surface area contributed by atoms with E-state index in [1.165, 1.54) is 0 Å². The molecule has 0 saturated heterocycles. The zero-order chi connectivity index (χ0) is 14.8. The Balaban J connectivity index is 1.96. The molecule has 4 aliphatic rings. The van der Waals surface area contributed by atoms with Gasteiger partial charge in [-0.15, -0.1) is 0 Å². The van der Waals surface area contributed by atoms with E-state index in [1.54, 1.807) is 22.6 Å². The summed E-state index contributed by atoms with van der Waals surface area (Å²) in [5.74, 6) is -7.38. The van der Waals surface area contributed by atoms with Gasteiger partial charge in [0.1, 0.15) is 0 Å². The highest BCUT2D eigenvalue weighted by molar-refractivity contribution is 14.1. The summed E-state index contributed by atoms with van der Waals surface area (Å²) in [6.07, 6.45) is 4.23. The molecule has 116 valence electrons. The first-order chi connectivity index (χ1) is 9.16. The second-order valence-electron chi connectivity index (χ2n) is 7.23. The monoisotopic (exact) mass is 404 g/mol. The van der Waals surface area contributed by atoms with Gasteiger partial charge in [0.25, 0.3) is 0 Å². The molecule has 0 spiro atoms. The molecular formula is C15H21F4I. The number of fused-ring (bicyclic) bond motifs is 3. The van der Waals surface area contributed by atoms with Crippen molar-refractivity contribution < 1.29 is 17.6 Å². The molecule has 0 aromatic heterocycles. The first kappa shape index (κ1) is 15.3. The zero-order valence-electron chi connectivity index (χ0n) is 11.7. The molecule has 0 aromatic rings. The third-order valence-corrected chi connectivity index (χ3v) is 8.07. The first-order valence-electron chi connectivity index (χ1n) is 7.61. The zero-order valence-corrected chi connectivity index (χ0v) is 13.9. The van der Waals surface area contributed by atoms with Crippen molar-refractivity contribution in [2.75, 3.05) is 0 Å². The van der Waals surface area contributed by atoms with Crippen LogP contribution in [0.4, 0.5) is 17.6 Å². The highest BCUT2D eigenvalue weighted by Gasteiger charge is 2.81. The summed E-state index contributed by atoms with van der Waals surface area (Å²) in [5, 5.41) is 0. The Kier molecular flexibility index (Phi) is 3.44. The van der Waals surface area contributed by atoms with Gasteiger partial charge in [0.15, 0.2) is 0 Å². The summed E-state index contributed by atoms with van der Waals surface area (Å²) in [6.45, 7) is 2.12. The fourth-order valence-corrected chi connectivity index (χ4v) is 5.67. The van der Waals surface area contributed by atoms with Gasteiger partial charge in [-0.1, -0.05) is 42.4 Å². The highest BCUT2D eigenvalue weighted by Crippen LogP contribution is 2.72. The Morgan fingerprint density at radius 2 is 1.30 bits per heavy atom. The lowest BCUT2D eigenvalue weighted by Crippen LogP contribution is -2.72. The van der Waals surface area contributed by atoms with Crippen LogP contribution in [0, 0.1) is 17.3 Å². The standard InChI is InChI=1S/C15H21F4I/c1-10-2-4-11(5-3-10)12-6-8-13(20,9-7-12)15(18,19)14(12,16)17/h10-11H,2-9H2,1H3. The summed E-state index contributed by atoms with van der Waals surface area (Å²) >= 11 is 1.61. The van der Waals surface area contributed by atoms with Gasteiger partial charge in [-0.05, 0) is 50.4 Å². The van der Waals surface area contributed by atoms with Crippen LogP contribution in [0.3, 0.4) is 0 Å². The predicted molar refractivity (Wildman–Crippen MR) is 78.7 cm³/mol. The fourth-order valence-electron chi connectivity index (χ4n) is 4.79. The van der Waals surface area contributed by atoms with E-state index in [0.717, 1.165) is 12.8 Å². The van der Waals surface area contributed by atoms with Crippen LogP contribution < -0.4 is 0 Å². The molecule has 0 heterocycles. The number of hydrogen-bond donors (Lipinski definition) is 0. The molecule has 0 aliphatic heterocycles. The van der Waals surface area contributed by atoms with Crippen molar-refractivity contribution in [3.8, 4) is 0 Å². The van der Waals surface area contributed by atoms with Crippen LogP contribution in [0.15, 0.2) is 0 Å². The van der Waals surface area contributed by atoms with E-state index in [9.17, 15) is 17.6 Å². The minimum atomic E-state index is -3.86. The largest absolute Gasteiger partial charge is 0.324 e. The van der Waals surface area contributed by atoms with E-state index in [-0.39, 0.29) is 31.6 Å². The average molecular weight is 404 g/mol. The fraction of sp³-hybridized carbons (Fsp3) is 1.00. The minimum Gasteiger partial charge on any atom is -0.199 e. The van der Waals surface area contributed by atoms with Gasteiger partial charge in [0.2, 0.25) is 0 Å². The molecule has 0 amide bonds. The van der Waals surface area contributed by atoms with Crippen LogP contribution in [0.1, 0.15) is 58.3 Å². The van der Waals surface area contributed by atoms with Crippen molar-refractivity contribution >= 4 is 22.6 Å². The molecule has 20 heavy (non-hydrogen) atoms. The van der Waals surface area contributed by atoms with Crippen molar-refractivity contribution in [1.29, 1.82) is 0 Å². The second-order valence-corrected chi connectivity index (χ2v) is 9.29. The SMILES string of the molecule is CC1CCC(C23CCC(I)(CC2)C(F)(F)C3(F)F)CC1. The van der Waals surface area contributed by atoms with Crippen LogP contribution in [-0.4, -0.2) is 15.3 Å². The summed E-state index contributed by atoms with van der Waals surface area (Å²) in [5.41, 5.74) is -1.44. The molecule has 0 radical (unpaired) electrons. The van der Waals surface area contributed by atoms with Gasteiger partial charge in [-0.25, -0.2) is 0 Å². The highest BCUT2D eigenvalue weighted by atomic mass is 127. The Labute approximate surface area is 131 Å². The number of alkyl halides is 5. The van der Waals surface area contributed by atoms with Crippen LogP contribution >= 0.6 is 22.6 Å². The van der Waals surface area contributed by atoms with Gasteiger partial charge < -0.3 is 0 Å². The maximum absolute atomic E-state index is 14.7. The third-order valence-electron chi connectivity index (χ3n) is 6.31. The Bertz CT molecular complexity index is 391. The van der Waals surface area contributed by atoms with Crippen molar-refractivity contribution in [2.45, 2.75) is 73.6 Å². The molecule has 5 heteroatoms. The summed E-state index contributed by atoms with van der Waals surface area (Å²) in [7, 11) is 0. The van der Waals surface area contributed by atoms with Crippen LogP contribution in [-0.2, 0) is 0 Å². The van der Waals surface area contributed by atoms with E-state index in [1.807, 2.05) is 0 Å². The molecule has 4 fully saturated rings. The summed E-state index contributed by atoms with van der Waals surface area (Å²) in [6, 6.07) is 0. The Morgan fingerprint density at radius 1 is 0.800 bits per heavy atom. The Hall–Kier alpha value is 0.450. The molecule has 2 bridgehead atoms. The topological polar surface area (TPSA) is 0 Å². The van der Waals surface area contributed by atoms with Gasteiger partial charge in [0.05, 0.1) is 3.42 Å². The van der Waals surface area contributed by atoms with Crippen LogP contribution in [0.25, 0.3) is 0 Å². The first-order valence-corrected chi connectivity index (χ1v) is 8.69. The van der Waals surface area contributed by atoms with Gasteiger partial charge in [0, 0.05) is 5.41 Å². The predicted octanol–water partition coefficient (Wildman–Crippen LogP) is 5.83. The van der Waals surface area contributed by atoms with E-state index in [2.05, 4.69) is 6.92 Å². The number of rotatable bonds is 1. The van der Waals surface area contributed by atoms with Gasteiger partial charge in [-0.3, -0.25) is 0 Å². The quantitative estimate of drug-likeness (QED) is 0.293. The molecule has 4 saturated carbocycles. The van der Waals surface area contributed by atoms with Crippen molar-refractivity contribution in [3.05, 3.63) is 0 Å². The smallest absolute Gasteiger partial charge is 0.199 e. The molecule has 0 unspecified atom stereocenters. The molecule has 0 N–H and O–H groups in total. The van der Waals surface area contributed by atoms with Crippen molar-refractivity contribution in [1.82, 2.24) is 0 Å². The van der Waals surface area contributed by atoms with Crippen molar-refractivity contribution in [2.24, 2.45) is 17.3 Å². The molecule has 4 rings (SSSR count). The van der Waals surface area contributed by atoms with Crippen molar-refractivity contribution in [3.63, 3.8) is 0 Å². The molecule has 0 nitrogen and oxygen atoms in total. The van der Waals surface area contributed by atoms with E-state index >= 15 is 0 Å². The molecule has 4 aliphatic carbocycles. The van der Waals surface area contributed by atoms with Crippen LogP contribution in [0.5, 0.6) is 0 Å². The lowest BCUT2D eigenvalue weighted by Gasteiger charge is -2.62. The second kappa shape index (κ2) is 4.48. The van der Waals surface area contributed by atoms with Gasteiger partial charge in [-0.2, -0.15) is 17.6 Å². The molecular weight excluding hydrogens is 383 g/mol. The van der Waals surface area contributed by atoms with E-state index in [0.29, 0.717) is 18.8 Å². The molecule has 0 atom stereocenters. The normalized spacial score (nSPS) is 50.1. The minimum absolute atomic E-state index is 0.221. The lowest BCUT2D eigenvalue weighted by molar-refractivity contribution is -0.337. The lowest BCUT2D eigenvalue weighted by atomic mass is 9.49. The third kappa shape index (κ3) is 1.70. The Morgan fingerprint density at radius 3 is 1.80 bits per heavy atom. The maximum atomic E-state index is 14.7. The number of hydrogen-bond acceptors (Lipinski definition) is 0. The van der Waals surface area contributed by atoms with Crippen LogP contribution in [0.2, 0.25) is 0 Å². The maximum Gasteiger partial charge on any atom is 0.324 e.